The van der Waals surface area contributed by atoms with Crippen molar-refractivity contribution < 1.29 is 24.2 Å². The summed E-state index contributed by atoms with van der Waals surface area (Å²) in [6, 6.07) is 7.07. The molecule has 3 heterocycles. The number of carbonyl (C=O) groups is 3. The Labute approximate surface area is 236 Å². The fourth-order valence-corrected chi connectivity index (χ4v) is 9.19. The third kappa shape index (κ3) is 4.88. The number of ether oxygens (including phenoxy) is 1. The largest absolute Gasteiger partial charge is 0.465 e. The Morgan fingerprint density at radius 2 is 1.85 bits per heavy atom. The van der Waals surface area contributed by atoms with E-state index in [1.54, 1.807) is 28.8 Å². The van der Waals surface area contributed by atoms with Gasteiger partial charge in [0.25, 0.3) is 5.91 Å². The van der Waals surface area contributed by atoms with Gasteiger partial charge in [0.2, 0.25) is 5.91 Å². The van der Waals surface area contributed by atoms with Crippen molar-refractivity contribution in [1.29, 1.82) is 0 Å². The molecule has 1 spiro atoms. The quantitative estimate of drug-likeness (QED) is 0.226. The van der Waals surface area contributed by atoms with Gasteiger partial charge in [-0.2, -0.15) is 0 Å². The predicted molar refractivity (Wildman–Crippen MR) is 156 cm³/mol. The van der Waals surface area contributed by atoms with Crippen molar-refractivity contribution in [2.45, 2.75) is 49.7 Å². The van der Waals surface area contributed by atoms with Crippen LogP contribution in [0, 0.1) is 17.8 Å². The molecule has 3 unspecified atom stereocenters. The van der Waals surface area contributed by atoms with Gasteiger partial charge in [0.05, 0.1) is 29.8 Å². The fraction of sp³-hybridized carbons (Fsp3) is 0.567. The highest BCUT2D eigenvalue weighted by molar-refractivity contribution is 8.02. The molecule has 6 atom stereocenters. The molecule has 1 aromatic rings. The molecule has 0 aromatic heterocycles. The van der Waals surface area contributed by atoms with E-state index in [4.69, 9.17) is 4.74 Å². The number of aliphatic hydroxyl groups excluding tert-OH is 1. The van der Waals surface area contributed by atoms with Crippen LogP contribution >= 0.6 is 11.8 Å². The third-order valence-electron chi connectivity index (χ3n) is 8.53. The minimum atomic E-state index is -0.805. The van der Waals surface area contributed by atoms with E-state index in [2.05, 4.69) is 38.8 Å². The molecule has 1 aromatic carbocycles. The van der Waals surface area contributed by atoms with Gasteiger partial charge < -0.3 is 24.5 Å². The molecule has 3 aliphatic heterocycles. The summed E-state index contributed by atoms with van der Waals surface area (Å²) in [7, 11) is 0. The van der Waals surface area contributed by atoms with Gasteiger partial charge in [-0.15, -0.1) is 24.9 Å². The number of anilines is 2. The zero-order chi connectivity index (χ0) is 28.3. The van der Waals surface area contributed by atoms with Gasteiger partial charge in [-0.3, -0.25) is 14.4 Å². The van der Waals surface area contributed by atoms with E-state index in [1.807, 2.05) is 24.3 Å². The number of hydrogen-bond donors (Lipinski definition) is 1. The van der Waals surface area contributed by atoms with Crippen molar-refractivity contribution in [3.8, 4) is 0 Å². The molecular formula is C30H41N3O5S. The maximum atomic E-state index is 14.5. The summed E-state index contributed by atoms with van der Waals surface area (Å²) in [6.07, 6.45) is 4.64. The number of rotatable bonds is 13. The number of likely N-dealkylation sites (tertiary alicyclic amines) is 1. The summed E-state index contributed by atoms with van der Waals surface area (Å²) in [5, 5.41) is 9.81. The Hall–Kier alpha value is -2.78. The molecule has 8 nitrogen and oxygen atoms in total. The van der Waals surface area contributed by atoms with E-state index < -0.39 is 22.6 Å². The summed E-state index contributed by atoms with van der Waals surface area (Å²) in [6.45, 7) is 15.9. The molecular weight excluding hydrogens is 514 g/mol. The molecule has 3 saturated heterocycles. The molecule has 0 saturated carbocycles. The Morgan fingerprint density at radius 3 is 2.44 bits per heavy atom. The predicted octanol–water partition coefficient (Wildman–Crippen LogP) is 3.50. The second-order valence-corrected chi connectivity index (χ2v) is 12.0. The Bertz CT molecular complexity index is 1090. The molecule has 212 valence electrons. The Morgan fingerprint density at radius 1 is 1.18 bits per heavy atom. The fourth-order valence-electron chi connectivity index (χ4n) is 6.79. The molecule has 4 rings (SSSR count). The first-order valence-corrected chi connectivity index (χ1v) is 14.8. The highest BCUT2D eigenvalue weighted by Crippen LogP contribution is 2.68. The second kappa shape index (κ2) is 12.2. The minimum Gasteiger partial charge on any atom is -0.465 e. The first-order valence-electron chi connectivity index (χ1n) is 13.9. The van der Waals surface area contributed by atoms with E-state index >= 15 is 0 Å². The number of esters is 1. The number of hydrogen-bond acceptors (Lipinski definition) is 7. The monoisotopic (exact) mass is 555 g/mol. The molecule has 39 heavy (non-hydrogen) atoms. The number of nitrogens with zero attached hydrogens (tertiary/aromatic N) is 3. The third-order valence-corrected chi connectivity index (χ3v) is 10.6. The van der Waals surface area contributed by atoms with Gasteiger partial charge in [0, 0.05) is 42.8 Å². The smallest absolute Gasteiger partial charge is 0.310 e. The van der Waals surface area contributed by atoms with Gasteiger partial charge in [-0.05, 0) is 56.9 Å². The van der Waals surface area contributed by atoms with E-state index in [9.17, 15) is 19.5 Å². The highest BCUT2D eigenvalue weighted by Gasteiger charge is 2.76. The van der Waals surface area contributed by atoms with Crippen LogP contribution in [0.4, 0.5) is 11.4 Å². The second-order valence-electron chi connectivity index (χ2n) is 10.5. The van der Waals surface area contributed by atoms with E-state index in [0.29, 0.717) is 6.42 Å². The average molecular weight is 556 g/mol. The molecule has 9 heteroatoms. The molecule has 2 amide bonds. The first-order chi connectivity index (χ1) is 18.8. The van der Waals surface area contributed by atoms with Crippen molar-refractivity contribution in [3.05, 3.63) is 49.6 Å². The lowest BCUT2D eigenvalue weighted by atomic mass is 9.66. The molecule has 2 bridgehead atoms. The standard InChI is InChI=1S/C30H41N3O5S/c1-6-10-18-38-29(37)24-23-19-20(5)30(39-23)25(24)27(35)33(16-17-34)26(30)28(36)32(15-7-2)22-13-11-21(12-14-22)31(8-3)9-4/h6-7,11-14,20,23-26,34H,1-2,8-10,15-19H2,3-5H3/t20?,23-,24+,25+,26?,30?/m1/s1. The van der Waals surface area contributed by atoms with Crippen molar-refractivity contribution in [2.24, 2.45) is 17.8 Å². The zero-order valence-corrected chi connectivity index (χ0v) is 24.1. The van der Waals surface area contributed by atoms with Gasteiger partial charge in [0.15, 0.2) is 0 Å². The van der Waals surface area contributed by atoms with Gasteiger partial charge >= 0.3 is 5.97 Å². The molecule has 3 aliphatic rings. The molecule has 0 radical (unpaired) electrons. The zero-order valence-electron chi connectivity index (χ0n) is 23.3. The number of thioether (sulfide) groups is 1. The normalized spacial score (nSPS) is 28.8. The van der Waals surface area contributed by atoms with Crippen LogP contribution in [0.1, 0.15) is 33.6 Å². The number of benzene rings is 1. The summed E-state index contributed by atoms with van der Waals surface area (Å²) in [5.74, 6) is -2.08. The van der Waals surface area contributed by atoms with Gasteiger partial charge in [0.1, 0.15) is 6.04 Å². The van der Waals surface area contributed by atoms with E-state index in [1.165, 1.54) is 4.90 Å². The maximum absolute atomic E-state index is 14.5. The summed E-state index contributed by atoms with van der Waals surface area (Å²) < 4.78 is 4.78. The van der Waals surface area contributed by atoms with Crippen LogP contribution in [-0.2, 0) is 19.1 Å². The lowest BCUT2D eigenvalue weighted by Gasteiger charge is -2.40. The van der Waals surface area contributed by atoms with Crippen molar-refractivity contribution in [3.63, 3.8) is 0 Å². The van der Waals surface area contributed by atoms with Gasteiger partial charge in [-0.25, -0.2) is 0 Å². The number of amides is 2. The molecule has 1 N–H and O–H groups in total. The van der Waals surface area contributed by atoms with Crippen molar-refractivity contribution in [2.75, 3.05) is 49.2 Å². The lowest BCUT2D eigenvalue weighted by molar-refractivity contribution is -0.154. The number of fused-ring (bicyclic) bond motifs is 1. The van der Waals surface area contributed by atoms with E-state index in [-0.39, 0.29) is 55.3 Å². The summed E-state index contributed by atoms with van der Waals surface area (Å²) in [5.41, 5.74) is 1.79. The topological polar surface area (TPSA) is 90.4 Å². The maximum Gasteiger partial charge on any atom is 0.310 e. The van der Waals surface area contributed by atoms with Crippen LogP contribution in [0.25, 0.3) is 0 Å². The SMILES string of the molecule is C=CCCOC(=O)[C@@H]1[C@H]2C(=O)N(CCO)C(C(=O)N(CC=C)c3ccc(N(CC)CC)cc3)C23S[C@@H]1CC3C. The van der Waals surface area contributed by atoms with Crippen molar-refractivity contribution >= 4 is 40.9 Å². The van der Waals surface area contributed by atoms with Crippen LogP contribution in [0.3, 0.4) is 0 Å². The van der Waals surface area contributed by atoms with Crippen LogP contribution in [0.15, 0.2) is 49.6 Å². The van der Waals surface area contributed by atoms with Crippen LogP contribution < -0.4 is 9.80 Å². The molecule has 0 aliphatic carbocycles. The summed E-state index contributed by atoms with van der Waals surface area (Å²) in [4.78, 5) is 47.1. The summed E-state index contributed by atoms with van der Waals surface area (Å²) >= 11 is 1.60. The first kappa shape index (κ1) is 29.2. The van der Waals surface area contributed by atoms with E-state index in [0.717, 1.165) is 30.9 Å². The minimum absolute atomic E-state index is 0.0342. The number of carbonyl (C=O) groups excluding carboxylic acids is 3. The van der Waals surface area contributed by atoms with Crippen molar-refractivity contribution in [1.82, 2.24) is 4.90 Å². The highest BCUT2D eigenvalue weighted by atomic mass is 32.2. The van der Waals surface area contributed by atoms with Crippen LogP contribution in [0.2, 0.25) is 0 Å². The lowest BCUT2D eigenvalue weighted by Crippen LogP contribution is -2.57. The van der Waals surface area contributed by atoms with Crippen LogP contribution in [0.5, 0.6) is 0 Å². The van der Waals surface area contributed by atoms with Gasteiger partial charge in [-0.1, -0.05) is 19.1 Å². The van der Waals surface area contributed by atoms with Crippen LogP contribution in [-0.4, -0.2) is 83.2 Å². The number of β-amino-alcohol motifs (C(OH)–C–C–N with tert-alkyl or cyclic N) is 1. The average Bonchev–Trinajstić information content (AvgIpc) is 3.52. The Kier molecular flexibility index (Phi) is 9.11. The molecule has 3 fully saturated rings. The number of aliphatic hydroxyl groups is 1. The Balaban J connectivity index is 1.71.